The number of nitrogens with two attached hydrogens (primary N) is 1. The maximum Gasteiger partial charge on any atom is 0.0334 e. The predicted molar refractivity (Wildman–Crippen MR) is 73.9 cm³/mol. The normalized spacial score (nSPS) is 47.3. The lowest BCUT2D eigenvalue weighted by molar-refractivity contribution is 0.112. The molecule has 0 aliphatic heterocycles. The van der Waals surface area contributed by atoms with E-state index in [-0.39, 0.29) is 5.54 Å². The van der Waals surface area contributed by atoms with Crippen molar-refractivity contribution in [3.05, 3.63) is 0 Å². The first-order valence-corrected chi connectivity index (χ1v) is 7.53. The molecule has 0 aromatic rings. The van der Waals surface area contributed by atoms with E-state index in [1.54, 1.807) is 0 Å². The number of rotatable bonds is 3. The second kappa shape index (κ2) is 5.27. The molecule has 0 aromatic heterocycles. The Labute approximate surface area is 107 Å². The zero-order valence-corrected chi connectivity index (χ0v) is 11.8. The molecule has 0 amide bonds. The Morgan fingerprint density at radius 1 is 1.06 bits per heavy atom. The molecule has 5 atom stereocenters. The van der Waals surface area contributed by atoms with Gasteiger partial charge in [0.05, 0.1) is 0 Å². The van der Waals surface area contributed by atoms with Crippen LogP contribution in [-0.4, -0.2) is 18.1 Å². The van der Waals surface area contributed by atoms with E-state index < -0.39 is 0 Å². The monoisotopic (exact) mass is 238 g/mol. The Bertz CT molecular complexity index is 253. The summed E-state index contributed by atoms with van der Waals surface area (Å²) in [5.74, 6) is 2.47. The molecular formula is C15H30N2. The van der Waals surface area contributed by atoms with Gasteiger partial charge in [-0.3, -0.25) is 0 Å². The molecule has 5 unspecified atom stereocenters. The molecule has 3 N–H and O–H groups in total. The van der Waals surface area contributed by atoms with Crippen LogP contribution in [0.25, 0.3) is 0 Å². The van der Waals surface area contributed by atoms with E-state index in [0.717, 1.165) is 30.3 Å². The zero-order valence-electron chi connectivity index (χ0n) is 11.8. The summed E-state index contributed by atoms with van der Waals surface area (Å²) in [6.45, 7) is 7.96. The molecule has 2 rings (SSSR count). The summed E-state index contributed by atoms with van der Waals surface area (Å²) in [6.07, 6.45) is 8.09. The van der Waals surface area contributed by atoms with E-state index in [9.17, 15) is 0 Å². The van der Waals surface area contributed by atoms with Crippen molar-refractivity contribution in [2.45, 2.75) is 70.9 Å². The highest BCUT2D eigenvalue weighted by atomic mass is 15.0. The molecule has 0 saturated heterocycles. The molecule has 0 radical (unpaired) electrons. The fourth-order valence-electron chi connectivity index (χ4n) is 4.03. The minimum atomic E-state index is 0.229. The minimum absolute atomic E-state index is 0.229. The molecule has 0 spiro atoms. The van der Waals surface area contributed by atoms with Crippen LogP contribution in [0, 0.1) is 17.8 Å². The standard InChI is InChI=1S/C15H30N2/c1-11-5-7-14(8-11)17-15(10-16)9-12(2)4-6-13(15)3/h11-14,17H,4-10,16H2,1-3H3. The molecule has 0 bridgehead atoms. The SMILES string of the molecule is CC1CCC(NC2(CN)CC(C)CCC2C)C1. The summed E-state index contributed by atoms with van der Waals surface area (Å²) in [4.78, 5) is 0. The molecule has 2 nitrogen and oxygen atoms in total. The van der Waals surface area contributed by atoms with Crippen LogP contribution in [0.4, 0.5) is 0 Å². The van der Waals surface area contributed by atoms with Crippen molar-refractivity contribution in [1.82, 2.24) is 5.32 Å². The molecule has 2 aliphatic rings. The Morgan fingerprint density at radius 3 is 2.35 bits per heavy atom. The molecule has 0 aromatic carbocycles. The lowest BCUT2D eigenvalue weighted by Crippen LogP contribution is -2.61. The maximum atomic E-state index is 6.14. The van der Waals surface area contributed by atoms with Crippen molar-refractivity contribution in [2.24, 2.45) is 23.5 Å². The Kier molecular flexibility index (Phi) is 4.14. The lowest BCUT2D eigenvalue weighted by Gasteiger charge is -2.47. The van der Waals surface area contributed by atoms with E-state index in [0.29, 0.717) is 0 Å². The van der Waals surface area contributed by atoms with Crippen LogP contribution in [0.3, 0.4) is 0 Å². The molecule has 2 fully saturated rings. The summed E-state index contributed by atoms with van der Waals surface area (Å²) in [7, 11) is 0. The summed E-state index contributed by atoms with van der Waals surface area (Å²) in [6, 6.07) is 0.723. The summed E-state index contributed by atoms with van der Waals surface area (Å²) < 4.78 is 0. The molecule has 0 heterocycles. The molecular weight excluding hydrogens is 208 g/mol. The highest BCUT2D eigenvalue weighted by Crippen LogP contribution is 2.38. The third kappa shape index (κ3) is 2.85. The highest BCUT2D eigenvalue weighted by Gasteiger charge is 2.41. The first-order valence-electron chi connectivity index (χ1n) is 7.53. The average molecular weight is 238 g/mol. The fourth-order valence-corrected chi connectivity index (χ4v) is 4.03. The van der Waals surface area contributed by atoms with Gasteiger partial charge in [-0.1, -0.05) is 27.2 Å². The Balaban J connectivity index is 2.02. The van der Waals surface area contributed by atoms with Crippen molar-refractivity contribution in [1.29, 1.82) is 0 Å². The van der Waals surface area contributed by atoms with Crippen molar-refractivity contribution in [3.63, 3.8) is 0 Å². The van der Waals surface area contributed by atoms with Crippen LogP contribution < -0.4 is 11.1 Å². The van der Waals surface area contributed by atoms with Gasteiger partial charge in [-0.25, -0.2) is 0 Å². The highest BCUT2D eigenvalue weighted by molar-refractivity contribution is 5.00. The van der Waals surface area contributed by atoms with Gasteiger partial charge in [0.25, 0.3) is 0 Å². The summed E-state index contributed by atoms with van der Waals surface area (Å²) in [5.41, 5.74) is 6.37. The third-order valence-corrected chi connectivity index (χ3v) is 5.30. The number of hydrogen-bond acceptors (Lipinski definition) is 2. The van der Waals surface area contributed by atoms with Gasteiger partial charge >= 0.3 is 0 Å². The van der Waals surface area contributed by atoms with E-state index in [1.165, 1.54) is 38.5 Å². The average Bonchev–Trinajstić information content (AvgIpc) is 2.69. The molecule has 2 heteroatoms. The topological polar surface area (TPSA) is 38.0 Å². The first kappa shape index (κ1) is 13.4. The second-order valence-corrected chi connectivity index (χ2v) is 6.91. The van der Waals surface area contributed by atoms with Gasteiger partial charge in [0.15, 0.2) is 0 Å². The van der Waals surface area contributed by atoms with E-state index in [1.807, 2.05) is 0 Å². The number of nitrogens with one attached hydrogen (secondary N) is 1. The largest absolute Gasteiger partial charge is 0.329 e. The van der Waals surface area contributed by atoms with Crippen LogP contribution in [0.5, 0.6) is 0 Å². The van der Waals surface area contributed by atoms with Crippen molar-refractivity contribution in [3.8, 4) is 0 Å². The van der Waals surface area contributed by atoms with Gasteiger partial charge in [-0.05, 0) is 49.9 Å². The lowest BCUT2D eigenvalue weighted by atomic mass is 9.69. The van der Waals surface area contributed by atoms with E-state index in [4.69, 9.17) is 5.73 Å². The predicted octanol–water partition coefficient (Wildman–Crippen LogP) is 2.92. The minimum Gasteiger partial charge on any atom is -0.329 e. The smallest absolute Gasteiger partial charge is 0.0334 e. The van der Waals surface area contributed by atoms with Crippen LogP contribution >= 0.6 is 0 Å². The first-order chi connectivity index (χ1) is 8.05. The Morgan fingerprint density at radius 2 is 1.76 bits per heavy atom. The molecule has 100 valence electrons. The van der Waals surface area contributed by atoms with Gasteiger partial charge in [-0.15, -0.1) is 0 Å². The Hall–Kier alpha value is -0.0800. The van der Waals surface area contributed by atoms with Crippen LogP contribution in [0.15, 0.2) is 0 Å². The third-order valence-electron chi connectivity index (χ3n) is 5.30. The van der Waals surface area contributed by atoms with Gasteiger partial charge in [0.2, 0.25) is 0 Å². The van der Waals surface area contributed by atoms with E-state index in [2.05, 4.69) is 26.1 Å². The molecule has 2 aliphatic carbocycles. The zero-order chi connectivity index (χ0) is 12.5. The molecule has 17 heavy (non-hydrogen) atoms. The quantitative estimate of drug-likeness (QED) is 0.793. The van der Waals surface area contributed by atoms with Crippen LogP contribution in [-0.2, 0) is 0 Å². The van der Waals surface area contributed by atoms with Gasteiger partial charge in [0, 0.05) is 18.1 Å². The maximum absolute atomic E-state index is 6.14. The summed E-state index contributed by atoms with van der Waals surface area (Å²) in [5, 5.41) is 3.97. The van der Waals surface area contributed by atoms with Crippen molar-refractivity contribution >= 4 is 0 Å². The molecule has 2 saturated carbocycles. The van der Waals surface area contributed by atoms with Crippen molar-refractivity contribution < 1.29 is 0 Å². The van der Waals surface area contributed by atoms with Gasteiger partial charge in [-0.2, -0.15) is 0 Å². The van der Waals surface area contributed by atoms with Gasteiger partial charge < -0.3 is 11.1 Å². The summed E-state index contributed by atoms with van der Waals surface area (Å²) >= 11 is 0. The number of hydrogen-bond donors (Lipinski definition) is 2. The second-order valence-electron chi connectivity index (χ2n) is 6.91. The van der Waals surface area contributed by atoms with Crippen LogP contribution in [0.2, 0.25) is 0 Å². The van der Waals surface area contributed by atoms with Gasteiger partial charge in [0.1, 0.15) is 0 Å². The fraction of sp³-hybridized carbons (Fsp3) is 1.00. The van der Waals surface area contributed by atoms with E-state index >= 15 is 0 Å². The van der Waals surface area contributed by atoms with Crippen molar-refractivity contribution in [2.75, 3.05) is 6.54 Å². The van der Waals surface area contributed by atoms with Crippen LogP contribution in [0.1, 0.15) is 59.3 Å².